The molecule has 0 fully saturated rings. The molecule has 0 aromatic heterocycles. The Morgan fingerprint density at radius 1 is 0.581 bits per heavy atom. The standard InChI is InChI=1S/C26H25O4P/c1-18-12-14-24(20(3)16-18)28-31(27,29-25-15-13-19(2)17-21(25)4)30-26-11-7-9-22-8-5-6-10-23(22)26/h5-17H,1-4H3. The number of hydrogen-bond acceptors (Lipinski definition) is 4. The maximum Gasteiger partial charge on any atom is 0.647 e. The van der Waals surface area contributed by atoms with Crippen LogP contribution in [0.25, 0.3) is 10.8 Å². The highest BCUT2D eigenvalue weighted by Gasteiger charge is 2.34. The molecule has 0 radical (unpaired) electrons. The molecule has 0 N–H and O–H groups in total. The van der Waals surface area contributed by atoms with Crippen LogP contribution >= 0.6 is 7.82 Å². The van der Waals surface area contributed by atoms with E-state index in [1.54, 1.807) is 18.2 Å². The molecule has 158 valence electrons. The van der Waals surface area contributed by atoms with E-state index in [0.29, 0.717) is 17.2 Å². The van der Waals surface area contributed by atoms with Gasteiger partial charge in [-0.05, 0) is 62.4 Å². The van der Waals surface area contributed by atoms with E-state index >= 15 is 0 Å². The van der Waals surface area contributed by atoms with Gasteiger partial charge in [0.1, 0.15) is 17.2 Å². The highest BCUT2D eigenvalue weighted by Crippen LogP contribution is 2.52. The average Bonchev–Trinajstić information content (AvgIpc) is 2.73. The lowest BCUT2D eigenvalue weighted by atomic mass is 10.1. The van der Waals surface area contributed by atoms with Crippen molar-refractivity contribution in [2.45, 2.75) is 27.7 Å². The van der Waals surface area contributed by atoms with Gasteiger partial charge in [-0.15, -0.1) is 0 Å². The summed E-state index contributed by atoms with van der Waals surface area (Å²) in [7, 11) is -4.07. The Labute approximate surface area is 183 Å². The van der Waals surface area contributed by atoms with E-state index in [4.69, 9.17) is 13.6 Å². The zero-order valence-corrected chi connectivity index (χ0v) is 19.0. The van der Waals surface area contributed by atoms with Gasteiger partial charge in [0.2, 0.25) is 0 Å². The van der Waals surface area contributed by atoms with Crippen LogP contribution in [0.3, 0.4) is 0 Å². The molecule has 0 atom stereocenters. The van der Waals surface area contributed by atoms with Crippen LogP contribution in [0.4, 0.5) is 0 Å². The predicted octanol–water partition coefficient (Wildman–Crippen LogP) is 7.72. The van der Waals surface area contributed by atoms with Crippen molar-refractivity contribution in [2.24, 2.45) is 0 Å². The lowest BCUT2D eigenvalue weighted by molar-refractivity contribution is 0.298. The molecule has 4 rings (SSSR count). The number of phosphoric ester groups is 1. The first-order valence-corrected chi connectivity index (χ1v) is 11.6. The first-order chi connectivity index (χ1) is 14.8. The number of benzene rings is 4. The van der Waals surface area contributed by atoms with Crippen molar-refractivity contribution in [1.82, 2.24) is 0 Å². The third-order valence-electron chi connectivity index (χ3n) is 5.04. The highest BCUT2D eigenvalue weighted by molar-refractivity contribution is 7.49. The maximum absolute atomic E-state index is 14.0. The van der Waals surface area contributed by atoms with Crippen molar-refractivity contribution in [3.8, 4) is 17.2 Å². The average molecular weight is 432 g/mol. The lowest BCUT2D eigenvalue weighted by Gasteiger charge is -2.22. The smallest absolute Gasteiger partial charge is 0.386 e. The van der Waals surface area contributed by atoms with Crippen LogP contribution < -0.4 is 13.6 Å². The minimum absolute atomic E-state index is 0.441. The largest absolute Gasteiger partial charge is 0.647 e. The molecule has 4 aromatic rings. The summed E-state index contributed by atoms with van der Waals surface area (Å²) in [5.74, 6) is 1.36. The summed E-state index contributed by atoms with van der Waals surface area (Å²) in [6.45, 7) is 7.80. The molecule has 0 heterocycles. The Bertz CT molecular complexity index is 1230. The van der Waals surface area contributed by atoms with Gasteiger partial charge < -0.3 is 13.6 Å². The molecule has 4 nitrogen and oxygen atoms in total. The van der Waals surface area contributed by atoms with Crippen LogP contribution in [0.2, 0.25) is 0 Å². The van der Waals surface area contributed by atoms with E-state index in [1.807, 2.05) is 88.4 Å². The molecule has 0 saturated carbocycles. The Morgan fingerprint density at radius 2 is 1.10 bits per heavy atom. The number of phosphoric acid groups is 1. The Balaban J connectivity index is 1.76. The third-order valence-corrected chi connectivity index (χ3v) is 6.30. The second-order valence-electron chi connectivity index (χ2n) is 7.74. The molecular weight excluding hydrogens is 407 g/mol. The minimum Gasteiger partial charge on any atom is -0.386 e. The monoisotopic (exact) mass is 432 g/mol. The van der Waals surface area contributed by atoms with Gasteiger partial charge in [0.15, 0.2) is 0 Å². The quantitative estimate of drug-likeness (QED) is 0.293. The molecule has 0 aliphatic heterocycles. The summed E-state index contributed by atoms with van der Waals surface area (Å²) in [4.78, 5) is 0. The predicted molar refractivity (Wildman–Crippen MR) is 125 cm³/mol. The summed E-state index contributed by atoms with van der Waals surface area (Å²) in [5.41, 5.74) is 3.88. The van der Waals surface area contributed by atoms with Gasteiger partial charge in [0, 0.05) is 5.39 Å². The molecule has 4 aromatic carbocycles. The fourth-order valence-corrected chi connectivity index (χ4v) is 4.90. The molecule has 0 bridgehead atoms. The Kier molecular flexibility index (Phi) is 5.75. The van der Waals surface area contributed by atoms with Crippen LogP contribution in [0.15, 0.2) is 78.9 Å². The summed E-state index contributed by atoms with van der Waals surface area (Å²) < 4.78 is 31.9. The van der Waals surface area contributed by atoms with Crippen LogP contribution in [-0.4, -0.2) is 0 Å². The van der Waals surface area contributed by atoms with Crippen LogP contribution in [-0.2, 0) is 4.57 Å². The SMILES string of the molecule is Cc1ccc(OP(=O)(Oc2ccc(C)cc2C)Oc2cccc3ccccc23)c(C)c1. The summed E-state index contributed by atoms with van der Waals surface area (Å²) in [6, 6.07) is 24.7. The lowest BCUT2D eigenvalue weighted by Crippen LogP contribution is -2.09. The molecule has 31 heavy (non-hydrogen) atoms. The minimum atomic E-state index is -4.07. The molecule has 0 saturated heterocycles. The molecule has 5 heteroatoms. The van der Waals surface area contributed by atoms with Gasteiger partial charge in [-0.25, -0.2) is 0 Å². The number of hydrogen-bond donors (Lipinski definition) is 0. The van der Waals surface area contributed by atoms with Crippen LogP contribution in [0.5, 0.6) is 17.2 Å². The van der Waals surface area contributed by atoms with Gasteiger partial charge in [0.05, 0.1) is 0 Å². The van der Waals surface area contributed by atoms with Gasteiger partial charge in [-0.2, -0.15) is 4.57 Å². The number of fused-ring (bicyclic) bond motifs is 1. The Morgan fingerprint density at radius 3 is 1.68 bits per heavy atom. The third kappa shape index (κ3) is 4.76. The molecule has 0 spiro atoms. The first-order valence-electron chi connectivity index (χ1n) is 10.1. The van der Waals surface area contributed by atoms with Gasteiger partial charge >= 0.3 is 7.82 Å². The fourth-order valence-electron chi connectivity index (χ4n) is 3.50. The van der Waals surface area contributed by atoms with Crippen molar-refractivity contribution in [3.05, 3.63) is 101 Å². The molecule has 0 aliphatic carbocycles. The van der Waals surface area contributed by atoms with Gasteiger partial charge in [-0.3, -0.25) is 0 Å². The number of rotatable bonds is 6. The van der Waals surface area contributed by atoms with Crippen molar-refractivity contribution >= 4 is 18.6 Å². The second-order valence-corrected chi connectivity index (χ2v) is 9.18. The van der Waals surface area contributed by atoms with E-state index in [-0.39, 0.29) is 0 Å². The van der Waals surface area contributed by atoms with E-state index in [1.165, 1.54) is 0 Å². The zero-order chi connectivity index (χ0) is 22.0. The van der Waals surface area contributed by atoms with Crippen molar-refractivity contribution in [3.63, 3.8) is 0 Å². The molecule has 0 aliphatic rings. The summed E-state index contributed by atoms with van der Waals surface area (Å²) >= 11 is 0. The number of aryl methyl sites for hydroxylation is 4. The second kappa shape index (κ2) is 8.49. The van der Waals surface area contributed by atoms with E-state index < -0.39 is 7.82 Å². The fraction of sp³-hybridized carbons (Fsp3) is 0.154. The van der Waals surface area contributed by atoms with Crippen LogP contribution in [0, 0.1) is 27.7 Å². The summed E-state index contributed by atoms with van der Waals surface area (Å²) in [5, 5.41) is 1.81. The van der Waals surface area contributed by atoms with Gasteiger partial charge in [-0.1, -0.05) is 71.8 Å². The normalized spacial score (nSPS) is 11.4. The maximum atomic E-state index is 14.0. The van der Waals surface area contributed by atoms with Crippen LogP contribution in [0.1, 0.15) is 22.3 Å². The van der Waals surface area contributed by atoms with Crippen molar-refractivity contribution < 1.29 is 18.1 Å². The first kappa shape index (κ1) is 21.0. The van der Waals surface area contributed by atoms with E-state index in [0.717, 1.165) is 33.0 Å². The van der Waals surface area contributed by atoms with Gasteiger partial charge in [0.25, 0.3) is 0 Å². The van der Waals surface area contributed by atoms with Crippen molar-refractivity contribution in [2.75, 3.05) is 0 Å². The highest BCUT2D eigenvalue weighted by atomic mass is 31.2. The van der Waals surface area contributed by atoms with E-state index in [9.17, 15) is 4.57 Å². The molecule has 0 unspecified atom stereocenters. The Hall–Kier alpha value is -3.23. The molecule has 0 amide bonds. The zero-order valence-electron chi connectivity index (χ0n) is 18.1. The van der Waals surface area contributed by atoms with E-state index in [2.05, 4.69) is 0 Å². The molecular formula is C26H25O4P. The van der Waals surface area contributed by atoms with Crippen molar-refractivity contribution in [1.29, 1.82) is 0 Å². The topological polar surface area (TPSA) is 44.8 Å². The summed E-state index contributed by atoms with van der Waals surface area (Å²) in [6.07, 6.45) is 0.